The number of hydrogen-bond donors (Lipinski definition) is 1. The van der Waals surface area contributed by atoms with E-state index in [-0.39, 0.29) is 6.61 Å². The number of halogens is 2. The van der Waals surface area contributed by atoms with E-state index in [2.05, 4.69) is 22.8 Å². The number of rotatable bonds is 6. The van der Waals surface area contributed by atoms with E-state index in [0.29, 0.717) is 11.6 Å². The Morgan fingerprint density at radius 2 is 1.63 bits per heavy atom. The van der Waals surface area contributed by atoms with Gasteiger partial charge in [-0.1, -0.05) is 29.3 Å². The van der Waals surface area contributed by atoms with E-state index in [0.717, 1.165) is 42.5 Å². The van der Waals surface area contributed by atoms with Crippen molar-refractivity contribution >= 4 is 28.9 Å². The highest BCUT2D eigenvalue weighted by Crippen LogP contribution is 2.25. The van der Waals surface area contributed by atoms with Gasteiger partial charge in [-0.2, -0.15) is 0 Å². The largest absolute Gasteiger partial charge is 0.491 e. The summed E-state index contributed by atoms with van der Waals surface area (Å²) in [7, 11) is 0. The van der Waals surface area contributed by atoms with Crippen molar-refractivity contribution in [3.05, 3.63) is 57.6 Å². The molecule has 1 atom stereocenters. The molecule has 0 aromatic heterocycles. The summed E-state index contributed by atoms with van der Waals surface area (Å²) in [6, 6.07) is 11.5. The van der Waals surface area contributed by atoms with E-state index < -0.39 is 6.10 Å². The van der Waals surface area contributed by atoms with E-state index in [1.54, 1.807) is 6.07 Å². The highest BCUT2D eigenvalue weighted by atomic mass is 35.5. The minimum absolute atomic E-state index is 0.274. The standard InChI is InChI=1S/C21H26Cl2N2O2/c1-15-3-4-18(23)12-20(15)25-9-7-24(8-10-25)13-19(26)14-27-21-6-5-17(22)11-16(21)2/h3-6,11-12,19,26H,7-10,13-14H2,1-2H3. The number of benzene rings is 2. The van der Waals surface area contributed by atoms with Gasteiger partial charge >= 0.3 is 0 Å². The molecule has 1 fully saturated rings. The Morgan fingerprint density at radius 3 is 2.33 bits per heavy atom. The summed E-state index contributed by atoms with van der Waals surface area (Å²) in [6.07, 6.45) is -0.528. The molecule has 1 aliphatic heterocycles. The van der Waals surface area contributed by atoms with Crippen LogP contribution in [0.4, 0.5) is 5.69 Å². The van der Waals surface area contributed by atoms with E-state index in [9.17, 15) is 5.11 Å². The Kier molecular flexibility index (Phi) is 6.88. The molecule has 1 aliphatic rings. The molecular weight excluding hydrogens is 383 g/mol. The lowest BCUT2D eigenvalue weighted by Crippen LogP contribution is -2.49. The van der Waals surface area contributed by atoms with Crippen LogP contribution in [-0.2, 0) is 0 Å². The van der Waals surface area contributed by atoms with E-state index >= 15 is 0 Å². The molecule has 4 nitrogen and oxygen atoms in total. The van der Waals surface area contributed by atoms with E-state index in [1.165, 1.54) is 11.3 Å². The van der Waals surface area contributed by atoms with Crippen molar-refractivity contribution in [1.29, 1.82) is 0 Å². The van der Waals surface area contributed by atoms with Gasteiger partial charge in [-0.25, -0.2) is 0 Å². The van der Waals surface area contributed by atoms with Crippen molar-refractivity contribution in [1.82, 2.24) is 4.90 Å². The molecule has 2 aromatic rings. The lowest BCUT2D eigenvalue weighted by Gasteiger charge is -2.37. The number of anilines is 1. The number of nitrogens with zero attached hydrogens (tertiary/aromatic N) is 2. The quantitative estimate of drug-likeness (QED) is 0.777. The summed E-state index contributed by atoms with van der Waals surface area (Å²) in [6.45, 7) is 8.59. The third-order valence-electron chi connectivity index (χ3n) is 4.92. The zero-order valence-electron chi connectivity index (χ0n) is 15.8. The summed E-state index contributed by atoms with van der Waals surface area (Å²) < 4.78 is 5.75. The summed E-state index contributed by atoms with van der Waals surface area (Å²) in [5, 5.41) is 11.8. The van der Waals surface area contributed by atoms with Crippen LogP contribution in [0, 0.1) is 13.8 Å². The van der Waals surface area contributed by atoms with Crippen molar-refractivity contribution < 1.29 is 9.84 Å². The number of hydrogen-bond acceptors (Lipinski definition) is 4. The van der Waals surface area contributed by atoms with Gasteiger partial charge in [-0.3, -0.25) is 4.90 Å². The Hall–Kier alpha value is -1.46. The number of aliphatic hydroxyl groups excluding tert-OH is 1. The topological polar surface area (TPSA) is 35.9 Å². The Morgan fingerprint density at radius 1 is 0.963 bits per heavy atom. The maximum absolute atomic E-state index is 10.3. The van der Waals surface area contributed by atoms with Crippen molar-refractivity contribution in [2.75, 3.05) is 44.2 Å². The average Bonchev–Trinajstić information content (AvgIpc) is 2.64. The summed E-state index contributed by atoms with van der Waals surface area (Å²) >= 11 is 12.1. The molecule has 2 aromatic carbocycles. The van der Waals surface area contributed by atoms with Gasteiger partial charge in [0, 0.05) is 48.5 Å². The smallest absolute Gasteiger partial charge is 0.122 e. The second-order valence-corrected chi connectivity index (χ2v) is 7.97. The molecule has 0 aliphatic carbocycles. The second-order valence-electron chi connectivity index (χ2n) is 7.09. The fourth-order valence-electron chi connectivity index (χ4n) is 3.41. The molecular formula is C21H26Cl2N2O2. The van der Waals surface area contributed by atoms with Crippen LogP contribution >= 0.6 is 23.2 Å². The van der Waals surface area contributed by atoms with Gasteiger partial charge < -0.3 is 14.7 Å². The molecule has 6 heteroatoms. The molecule has 27 heavy (non-hydrogen) atoms. The molecule has 1 saturated heterocycles. The van der Waals surface area contributed by atoms with Gasteiger partial charge in [0.15, 0.2) is 0 Å². The van der Waals surface area contributed by atoms with Gasteiger partial charge in [0.2, 0.25) is 0 Å². The van der Waals surface area contributed by atoms with Crippen LogP contribution in [0.2, 0.25) is 10.0 Å². The molecule has 146 valence electrons. The summed E-state index contributed by atoms with van der Waals surface area (Å²) in [5.74, 6) is 0.764. The summed E-state index contributed by atoms with van der Waals surface area (Å²) in [5.41, 5.74) is 3.41. The molecule has 0 amide bonds. The molecule has 0 saturated carbocycles. The fourth-order valence-corrected chi connectivity index (χ4v) is 3.80. The first-order chi connectivity index (χ1) is 12.9. The minimum atomic E-state index is -0.528. The third-order valence-corrected chi connectivity index (χ3v) is 5.39. The van der Waals surface area contributed by atoms with E-state index in [1.807, 2.05) is 31.2 Å². The predicted octanol–water partition coefficient (Wildman–Crippen LogP) is 4.17. The SMILES string of the molecule is Cc1cc(Cl)ccc1OCC(O)CN1CCN(c2cc(Cl)ccc2C)CC1. The number of ether oxygens (including phenoxy) is 1. The summed E-state index contributed by atoms with van der Waals surface area (Å²) in [4.78, 5) is 4.64. The Balaban J connectivity index is 1.46. The predicted molar refractivity (Wildman–Crippen MR) is 113 cm³/mol. The highest BCUT2D eigenvalue weighted by molar-refractivity contribution is 6.31. The van der Waals surface area contributed by atoms with Crippen LogP contribution < -0.4 is 9.64 Å². The van der Waals surface area contributed by atoms with Gasteiger partial charge in [-0.15, -0.1) is 0 Å². The van der Waals surface area contributed by atoms with Crippen molar-refractivity contribution in [2.45, 2.75) is 20.0 Å². The van der Waals surface area contributed by atoms with Gasteiger partial charge in [0.05, 0.1) is 0 Å². The van der Waals surface area contributed by atoms with Crippen LogP contribution in [0.25, 0.3) is 0 Å². The maximum atomic E-state index is 10.3. The monoisotopic (exact) mass is 408 g/mol. The second kappa shape index (κ2) is 9.16. The highest BCUT2D eigenvalue weighted by Gasteiger charge is 2.21. The van der Waals surface area contributed by atoms with Gasteiger partial charge in [0.1, 0.15) is 18.5 Å². The van der Waals surface area contributed by atoms with Crippen LogP contribution in [0.1, 0.15) is 11.1 Å². The normalized spacial score (nSPS) is 16.4. The zero-order valence-corrected chi connectivity index (χ0v) is 17.3. The molecule has 0 bridgehead atoms. The van der Waals surface area contributed by atoms with E-state index in [4.69, 9.17) is 27.9 Å². The maximum Gasteiger partial charge on any atom is 0.122 e. The lowest BCUT2D eigenvalue weighted by molar-refractivity contribution is 0.0661. The van der Waals surface area contributed by atoms with Crippen LogP contribution in [-0.4, -0.2) is 55.4 Å². The Bertz CT molecular complexity index is 777. The molecule has 1 N–H and O–H groups in total. The first-order valence-corrected chi connectivity index (χ1v) is 9.98. The molecule has 0 radical (unpaired) electrons. The van der Waals surface area contributed by atoms with Crippen LogP contribution in [0.15, 0.2) is 36.4 Å². The van der Waals surface area contributed by atoms with Crippen molar-refractivity contribution in [3.8, 4) is 5.75 Å². The fraction of sp³-hybridized carbons (Fsp3) is 0.429. The first-order valence-electron chi connectivity index (χ1n) is 9.23. The number of aliphatic hydroxyl groups is 1. The Labute approximate surface area is 171 Å². The lowest BCUT2D eigenvalue weighted by atomic mass is 10.1. The number of aryl methyl sites for hydroxylation is 2. The molecule has 1 heterocycles. The van der Waals surface area contributed by atoms with Crippen LogP contribution in [0.3, 0.4) is 0 Å². The van der Waals surface area contributed by atoms with Gasteiger partial charge in [-0.05, 0) is 55.3 Å². The van der Waals surface area contributed by atoms with Gasteiger partial charge in [0.25, 0.3) is 0 Å². The third kappa shape index (κ3) is 5.52. The average molecular weight is 409 g/mol. The van der Waals surface area contributed by atoms with Crippen molar-refractivity contribution in [3.63, 3.8) is 0 Å². The molecule has 1 unspecified atom stereocenters. The number of piperazine rings is 1. The minimum Gasteiger partial charge on any atom is -0.491 e. The number of β-amino-alcohol motifs (C(OH)–C–C–N with tert-alkyl or cyclic N) is 1. The van der Waals surface area contributed by atoms with Crippen LogP contribution in [0.5, 0.6) is 5.75 Å². The van der Waals surface area contributed by atoms with Crippen molar-refractivity contribution in [2.24, 2.45) is 0 Å². The molecule has 0 spiro atoms. The first kappa shape index (κ1) is 20.3. The molecule has 3 rings (SSSR count). The zero-order chi connectivity index (χ0) is 19.4.